The maximum atomic E-state index is 12.1. The quantitative estimate of drug-likeness (QED) is 0.887. The summed E-state index contributed by atoms with van der Waals surface area (Å²) in [6.07, 6.45) is 1.52. The number of ketones is 1. The first-order valence-corrected chi connectivity index (χ1v) is 5.98. The average molecular weight is 308 g/mol. The summed E-state index contributed by atoms with van der Waals surface area (Å²) in [5, 5.41) is 8.93. The van der Waals surface area contributed by atoms with E-state index in [-0.39, 0.29) is 11.5 Å². The molecular weight excluding hydrogens is 298 g/mol. The van der Waals surface area contributed by atoms with Crippen molar-refractivity contribution in [2.24, 2.45) is 7.05 Å². The van der Waals surface area contributed by atoms with Crippen molar-refractivity contribution < 1.29 is 14.7 Å². The fourth-order valence-corrected chi connectivity index (χ4v) is 1.93. The molecule has 0 bridgehead atoms. The first kappa shape index (κ1) is 12.6. The number of nitrogens with zero attached hydrogens (tertiary/aromatic N) is 1. The Morgan fingerprint density at radius 3 is 2.28 bits per heavy atom. The molecule has 0 radical (unpaired) electrons. The highest BCUT2D eigenvalue weighted by Gasteiger charge is 2.16. The van der Waals surface area contributed by atoms with E-state index in [2.05, 4.69) is 15.9 Å². The number of aromatic carboxylic acids is 1. The molecule has 1 aromatic carbocycles. The van der Waals surface area contributed by atoms with Crippen LogP contribution >= 0.6 is 15.9 Å². The van der Waals surface area contributed by atoms with Crippen LogP contribution in [-0.2, 0) is 7.05 Å². The SMILES string of the molecule is Cn1cc(C(=O)c2ccc(Br)cc2)cc1C(=O)O. The molecule has 1 N–H and O–H groups in total. The van der Waals surface area contributed by atoms with E-state index < -0.39 is 5.97 Å². The number of aryl methyl sites for hydroxylation is 1. The number of hydrogen-bond acceptors (Lipinski definition) is 2. The number of hydrogen-bond donors (Lipinski definition) is 1. The summed E-state index contributed by atoms with van der Waals surface area (Å²) < 4.78 is 2.31. The fraction of sp³-hybridized carbons (Fsp3) is 0.0769. The van der Waals surface area contributed by atoms with Gasteiger partial charge in [-0.05, 0) is 30.3 Å². The highest BCUT2D eigenvalue weighted by molar-refractivity contribution is 9.10. The van der Waals surface area contributed by atoms with Gasteiger partial charge in [0.1, 0.15) is 5.69 Å². The van der Waals surface area contributed by atoms with Gasteiger partial charge < -0.3 is 9.67 Å². The van der Waals surface area contributed by atoms with Crippen molar-refractivity contribution in [3.05, 3.63) is 57.8 Å². The molecule has 0 aliphatic rings. The van der Waals surface area contributed by atoms with Gasteiger partial charge in [0.05, 0.1) is 0 Å². The normalized spacial score (nSPS) is 10.3. The number of carboxylic acid groups (broad SMARTS) is 1. The molecule has 2 aromatic rings. The molecule has 92 valence electrons. The Morgan fingerprint density at radius 1 is 1.17 bits per heavy atom. The Morgan fingerprint density at radius 2 is 1.78 bits per heavy atom. The van der Waals surface area contributed by atoms with E-state index in [1.165, 1.54) is 16.8 Å². The second-order valence-corrected chi connectivity index (χ2v) is 4.78. The molecule has 5 heteroatoms. The van der Waals surface area contributed by atoms with Crippen LogP contribution in [0.3, 0.4) is 0 Å². The van der Waals surface area contributed by atoms with Gasteiger partial charge in [-0.25, -0.2) is 4.79 Å². The molecular formula is C13H10BrNO3. The number of carboxylic acids is 1. The van der Waals surface area contributed by atoms with Crippen LogP contribution in [0.2, 0.25) is 0 Å². The lowest BCUT2D eigenvalue weighted by molar-refractivity contribution is 0.0686. The van der Waals surface area contributed by atoms with Crippen LogP contribution in [0.4, 0.5) is 0 Å². The lowest BCUT2D eigenvalue weighted by atomic mass is 10.1. The van der Waals surface area contributed by atoms with Gasteiger partial charge in [0, 0.05) is 28.8 Å². The van der Waals surface area contributed by atoms with Crippen molar-refractivity contribution in [1.82, 2.24) is 4.57 Å². The zero-order valence-corrected chi connectivity index (χ0v) is 11.1. The molecule has 0 fully saturated rings. The van der Waals surface area contributed by atoms with E-state index >= 15 is 0 Å². The average Bonchev–Trinajstić information content (AvgIpc) is 2.71. The van der Waals surface area contributed by atoms with Crippen molar-refractivity contribution in [3.8, 4) is 0 Å². The molecule has 4 nitrogen and oxygen atoms in total. The minimum Gasteiger partial charge on any atom is -0.477 e. The van der Waals surface area contributed by atoms with Crippen LogP contribution < -0.4 is 0 Å². The van der Waals surface area contributed by atoms with Gasteiger partial charge in [-0.2, -0.15) is 0 Å². The summed E-state index contributed by atoms with van der Waals surface area (Å²) >= 11 is 3.29. The summed E-state index contributed by atoms with van der Waals surface area (Å²) in [6.45, 7) is 0. The van der Waals surface area contributed by atoms with Crippen molar-refractivity contribution in [2.75, 3.05) is 0 Å². The third kappa shape index (κ3) is 2.36. The van der Waals surface area contributed by atoms with Gasteiger partial charge in [0.25, 0.3) is 0 Å². The van der Waals surface area contributed by atoms with E-state index in [1.54, 1.807) is 31.3 Å². The van der Waals surface area contributed by atoms with Crippen LogP contribution in [0, 0.1) is 0 Å². The Bertz CT molecular complexity index is 614. The number of carbonyl (C=O) groups excluding carboxylic acids is 1. The third-order valence-corrected chi connectivity index (χ3v) is 3.12. The highest BCUT2D eigenvalue weighted by Crippen LogP contribution is 2.16. The van der Waals surface area contributed by atoms with Crippen molar-refractivity contribution in [2.45, 2.75) is 0 Å². The molecule has 0 atom stereocenters. The van der Waals surface area contributed by atoms with Gasteiger partial charge >= 0.3 is 5.97 Å². The molecule has 1 aromatic heterocycles. The second-order valence-electron chi connectivity index (χ2n) is 3.87. The van der Waals surface area contributed by atoms with E-state index in [9.17, 15) is 9.59 Å². The van der Waals surface area contributed by atoms with Crippen LogP contribution in [0.1, 0.15) is 26.4 Å². The van der Waals surface area contributed by atoms with Gasteiger partial charge in [-0.3, -0.25) is 4.79 Å². The monoisotopic (exact) mass is 307 g/mol. The second kappa shape index (κ2) is 4.78. The van der Waals surface area contributed by atoms with Crippen LogP contribution in [0.25, 0.3) is 0 Å². The predicted molar refractivity (Wildman–Crippen MR) is 69.9 cm³/mol. The largest absolute Gasteiger partial charge is 0.477 e. The summed E-state index contributed by atoms with van der Waals surface area (Å²) in [5.41, 5.74) is 0.994. The zero-order valence-electron chi connectivity index (χ0n) is 9.55. The maximum Gasteiger partial charge on any atom is 0.352 e. The third-order valence-electron chi connectivity index (χ3n) is 2.59. The summed E-state index contributed by atoms with van der Waals surface area (Å²) in [4.78, 5) is 23.0. The van der Waals surface area contributed by atoms with E-state index in [0.29, 0.717) is 11.1 Å². The van der Waals surface area contributed by atoms with Crippen LogP contribution in [0.15, 0.2) is 41.0 Å². The number of halogens is 1. The summed E-state index contributed by atoms with van der Waals surface area (Å²) in [6, 6.07) is 8.31. The predicted octanol–water partition coefficient (Wildman–Crippen LogP) is 2.72. The summed E-state index contributed by atoms with van der Waals surface area (Å²) in [5.74, 6) is -1.24. The molecule has 0 amide bonds. The number of carbonyl (C=O) groups is 2. The first-order chi connectivity index (χ1) is 8.49. The van der Waals surface area contributed by atoms with Crippen LogP contribution in [0.5, 0.6) is 0 Å². The topological polar surface area (TPSA) is 59.3 Å². The molecule has 0 aliphatic carbocycles. The zero-order chi connectivity index (χ0) is 13.3. The molecule has 18 heavy (non-hydrogen) atoms. The van der Waals surface area contributed by atoms with Gasteiger partial charge in [0.2, 0.25) is 0 Å². The van der Waals surface area contributed by atoms with E-state index in [4.69, 9.17) is 5.11 Å². The fourth-order valence-electron chi connectivity index (χ4n) is 1.67. The smallest absolute Gasteiger partial charge is 0.352 e. The molecule has 0 saturated heterocycles. The molecule has 0 unspecified atom stereocenters. The Labute approximate surface area is 112 Å². The first-order valence-electron chi connectivity index (χ1n) is 5.19. The van der Waals surface area contributed by atoms with Crippen molar-refractivity contribution in [1.29, 1.82) is 0 Å². The molecule has 1 heterocycles. The minimum absolute atomic E-state index is 0.0930. The van der Waals surface area contributed by atoms with Gasteiger partial charge in [-0.15, -0.1) is 0 Å². The minimum atomic E-state index is -1.05. The Hall–Kier alpha value is -1.88. The number of aromatic nitrogens is 1. The van der Waals surface area contributed by atoms with E-state index in [0.717, 1.165) is 4.47 Å². The lowest BCUT2D eigenvalue weighted by Gasteiger charge is -1.98. The van der Waals surface area contributed by atoms with Gasteiger partial charge in [-0.1, -0.05) is 15.9 Å². The Balaban J connectivity index is 2.37. The molecule has 2 rings (SSSR count). The number of benzene rings is 1. The lowest BCUT2D eigenvalue weighted by Crippen LogP contribution is -2.02. The maximum absolute atomic E-state index is 12.1. The standard InChI is InChI=1S/C13H10BrNO3/c1-15-7-9(6-11(15)13(17)18)12(16)8-2-4-10(14)5-3-8/h2-7H,1H3,(H,17,18). The van der Waals surface area contributed by atoms with Gasteiger partial charge in [0.15, 0.2) is 5.78 Å². The molecule has 0 saturated carbocycles. The molecule has 0 spiro atoms. The summed E-state index contributed by atoms with van der Waals surface area (Å²) in [7, 11) is 1.60. The number of rotatable bonds is 3. The van der Waals surface area contributed by atoms with Crippen molar-refractivity contribution >= 4 is 27.7 Å². The molecule has 0 aliphatic heterocycles. The highest BCUT2D eigenvalue weighted by atomic mass is 79.9. The Kier molecular flexibility index (Phi) is 3.34. The van der Waals surface area contributed by atoms with Crippen molar-refractivity contribution in [3.63, 3.8) is 0 Å². The van der Waals surface area contributed by atoms with Crippen LogP contribution in [-0.4, -0.2) is 21.4 Å². The van der Waals surface area contributed by atoms with E-state index in [1.807, 2.05) is 0 Å².